The van der Waals surface area contributed by atoms with Crippen LogP contribution < -0.4 is 10.6 Å². The molecule has 0 aromatic heterocycles. The Balaban J connectivity index is 1.54. The van der Waals surface area contributed by atoms with Gasteiger partial charge in [0.1, 0.15) is 6.17 Å². The molecular weight excluding hydrogens is 378 g/mol. The Morgan fingerprint density at radius 3 is 2.87 bits per heavy atom. The summed E-state index contributed by atoms with van der Waals surface area (Å²) in [4.78, 5) is 27.4. The molecule has 158 valence electrons. The van der Waals surface area contributed by atoms with Crippen molar-refractivity contribution in [3.05, 3.63) is 65.2 Å². The minimum Gasteiger partial charge on any atom is -0.376 e. The second kappa shape index (κ2) is 9.30. The second-order valence-electron chi connectivity index (χ2n) is 7.92. The van der Waals surface area contributed by atoms with E-state index >= 15 is 0 Å². The quantitative estimate of drug-likeness (QED) is 0.650. The van der Waals surface area contributed by atoms with Crippen molar-refractivity contribution in [1.82, 2.24) is 10.2 Å². The predicted octanol–water partition coefficient (Wildman–Crippen LogP) is 3.96. The molecule has 2 heterocycles. The van der Waals surface area contributed by atoms with E-state index in [0.717, 1.165) is 49.1 Å². The van der Waals surface area contributed by atoms with E-state index in [9.17, 15) is 9.59 Å². The van der Waals surface area contributed by atoms with Gasteiger partial charge in [0, 0.05) is 42.1 Å². The summed E-state index contributed by atoms with van der Waals surface area (Å²) in [6.07, 6.45) is 3.80. The third-order valence-electron chi connectivity index (χ3n) is 5.73. The zero-order valence-electron chi connectivity index (χ0n) is 17.4. The highest BCUT2D eigenvalue weighted by Crippen LogP contribution is 2.35. The van der Waals surface area contributed by atoms with Gasteiger partial charge in [0.05, 0.1) is 6.10 Å². The van der Waals surface area contributed by atoms with Crippen molar-refractivity contribution in [1.29, 1.82) is 0 Å². The summed E-state index contributed by atoms with van der Waals surface area (Å²) >= 11 is 0. The van der Waals surface area contributed by atoms with Crippen molar-refractivity contribution in [3.63, 3.8) is 0 Å². The lowest BCUT2D eigenvalue weighted by Gasteiger charge is -2.29. The SMILES string of the molecule is CCCCNC(=O)c1cccc(N[C@@H]2c3ccccc3C(=O)N2C[C@H]2CCCO2)c1. The Labute approximate surface area is 177 Å². The molecule has 2 atom stereocenters. The van der Waals surface area contributed by atoms with Crippen molar-refractivity contribution < 1.29 is 14.3 Å². The van der Waals surface area contributed by atoms with Gasteiger partial charge in [-0.05, 0) is 43.5 Å². The number of anilines is 1. The fraction of sp³-hybridized carbons (Fsp3) is 0.417. The van der Waals surface area contributed by atoms with Gasteiger partial charge in [-0.2, -0.15) is 0 Å². The van der Waals surface area contributed by atoms with E-state index in [1.165, 1.54) is 0 Å². The molecule has 4 rings (SSSR count). The number of amides is 2. The number of hydrogen-bond donors (Lipinski definition) is 2. The summed E-state index contributed by atoms with van der Waals surface area (Å²) in [5, 5.41) is 6.44. The molecule has 0 bridgehead atoms. The molecule has 6 nitrogen and oxygen atoms in total. The molecule has 2 aromatic carbocycles. The van der Waals surface area contributed by atoms with Gasteiger partial charge >= 0.3 is 0 Å². The van der Waals surface area contributed by atoms with Gasteiger partial charge in [0.25, 0.3) is 11.8 Å². The third kappa shape index (κ3) is 4.33. The van der Waals surface area contributed by atoms with Crippen molar-refractivity contribution in [2.24, 2.45) is 0 Å². The van der Waals surface area contributed by atoms with Crippen molar-refractivity contribution in [3.8, 4) is 0 Å². The number of benzene rings is 2. The molecular formula is C24H29N3O3. The smallest absolute Gasteiger partial charge is 0.256 e. The topological polar surface area (TPSA) is 70.7 Å². The molecule has 2 aliphatic heterocycles. The summed E-state index contributed by atoms with van der Waals surface area (Å²) in [5.74, 6) is -0.0572. The summed E-state index contributed by atoms with van der Waals surface area (Å²) in [7, 11) is 0. The lowest BCUT2D eigenvalue weighted by Crippen LogP contribution is -2.38. The number of nitrogens with one attached hydrogen (secondary N) is 2. The lowest BCUT2D eigenvalue weighted by atomic mass is 10.1. The molecule has 30 heavy (non-hydrogen) atoms. The number of carbonyl (C=O) groups excluding carboxylic acids is 2. The first-order valence-corrected chi connectivity index (χ1v) is 10.8. The molecule has 2 aromatic rings. The van der Waals surface area contributed by atoms with E-state index < -0.39 is 0 Å². The highest BCUT2D eigenvalue weighted by molar-refractivity contribution is 5.99. The van der Waals surface area contributed by atoms with E-state index in [4.69, 9.17) is 4.74 Å². The standard InChI is InChI=1S/C24H29N3O3/c1-2-3-13-25-23(28)17-8-6-9-18(15-17)26-22-20-11-4-5-12-21(20)24(29)27(22)16-19-10-7-14-30-19/h4-6,8-9,11-12,15,19,22,26H,2-3,7,10,13-14,16H2,1H3,(H,25,28)/t19-,22+/m1/s1. The third-order valence-corrected chi connectivity index (χ3v) is 5.73. The maximum absolute atomic E-state index is 13.1. The van der Waals surface area contributed by atoms with Crippen LogP contribution in [-0.2, 0) is 4.74 Å². The van der Waals surface area contributed by atoms with Crippen LogP contribution in [-0.4, -0.2) is 42.5 Å². The molecule has 0 unspecified atom stereocenters. The number of ether oxygens (including phenoxy) is 1. The van der Waals surface area contributed by atoms with E-state index in [1.54, 1.807) is 0 Å². The average molecular weight is 408 g/mol. The molecule has 6 heteroatoms. The summed E-state index contributed by atoms with van der Waals surface area (Å²) < 4.78 is 5.78. The number of unbranched alkanes of at least 4 members (excludes halogenated alkanes) is 1. The molecule has 2 amide bonds. The molecule has 0 radical (unpaired) electrons. The zero-order valence-corrected chi connectivity index (χ0v) is 17.4. The molecule has 1 saturated heterocycles. The van der Waals surface area contributed by atoms with Gasteiger partial charge in [-0.15, -0.1) is 0 Å². The molecule has 0 saturated carbocycles. The van der Waals surface area contributed by atoms with E-state index in [-0.39, 0.29) is 24.1 Å². The Bertz CT molecular complexity index is 908. The van der Waals surface area contributed by atoms with Crippen LogP contribution in [0.4, 0.5) is 5.69 Å². The summed E-state index contributed by atoms with van der Waals surface area (Å²) in [6.45, 7) is 4.09. The molecule has 0 spiro atoms. The number of rotatable bonds is 8. The Kier molecular flexibility index (Phi) is 6.33. The lowest BCUT2D eigenvalue weighted by molar-refractivity contribution is 0.0488. The van der Waals surface area contributed by atoms with Gasteiger partial charge in [-0.25, -0.2) is 0 Å². The fourth-order valence-corrected chi connectivity index (χ4v) is 4.11. The van der Waals surface area contributed by atoms with E-state index in [1.807, 2.05) is 53.4 Å². The average Bonchev–Trinajstić information content (AvgIpc) is 3.37. The first kappa shape index (κ1) is 20.4. The van der Waals surface area contributed by atoms with Gasteiger partial charge < -0.3 is 20.3 Å². The monoisotopic (exact) mass is 407 g/mol. The zero-order chi connectivity index (χ0) is 20.9. The Morgan fingerprint density at radius 1 is 1.20 bits per heavy atom. The van der Waals surface area contributed by atoms with Crippen LogP contribution in [0.3, 0.4) is 0 Å². The minimum absolute atomic E-state index is 0.0204. The molecule has 2 N–H and O–H groups in total. The number of fused-ring (bicyclic) bond motifs is 1. The van der Waals surface area contributed by atoms with Gasteiger partial charge in [-0.1, -0.05) is 37.6 Å². The van der Waals surface area contributed by atoms with Crippen LogP contribution in [0.25, 0.3) is 0 Å². The largest absolute Gasteiger partial charge is 0.376 e. The normalized spacial score (nSPS) is 20.3. The molecule has 1 fully saturated rings. The first-order chi connectivity index (χ1) is 14.7. The second-order valence-corrected chi connectivity index (χ2v) is 7.92. The maximum Gasteiger partial charge on any atom is 0.256 e. The van der Waals surface area contributed by atoms with Crippen LogP contribution >= 0.6 is 0 Å². The van der Waals surface area contributed by atoms with Crippen LogP contribution in [0.1, 0.15) is 65.1 Å². The highest BCUT2D eigenvalue weighted by atomic mass is 16.5. The van der Waals surface area contributed by atoms with E-state index in [2.05, 4.69) is 17.6 Å². The summed E-state index contributed by atoms with van der Waals surface area (Å²) in [5.41, 5.74) is 3.10. The highest BCUT2D eigenvalue weighted by Gasteiger charge is 2.38. The van der Waals surface area contributed by atoms with Crippen molar-refractivity contribution >= 4 is 17.5 Å². The maximum atomic E-state index is 13.1. The minimum atomic E-state index is -0.281. The van der Waals surface area contributed by atoms with Crippen molar-refractivity contribution in [2.45, 2.75) is 44.9 Å². The van der Waals surface area contributed by atoms with Crippen LogP contribution in [0.15, 0.2) is 48.5 Å². The number of carbonyl (C=O) groups is 2. The molecule has 2 aliphatic rings. The van der Waals surface area contributed by atoms with Crippen LogP contribution in [0, 0.1) is 0 Å². The van der Waals surface area contributed by atoms with Crippen molar-refractivity contribution in [2.75, 3.05) is 25.0 Å². The fourth-order valence-electron chi connectivity index (χ4n) is 4.11. The van der Waals surface area contributed by atoms with Gasteiger partial charge in [-0.3, -0.25) is 9.59 Å². The number of hydrogen-bond acceptors (Lipinski definition) is 4. The van der Waals surface area contributed by atoms with Gasteiger partial charge in [0.2, 0.25) is 0 Å². The first-order valence-electron chi connectivity index (χ1n) is 10.8. The van der Waals surface area contributed by atoms with Gasteiger partial charge in [0.15, 0.2) is 0 Å². The Morgan fingerprint density at radius 2 is 2.07 bits per heavy atom. The Hall–Kier alpha value is -2.86. The van der Waals surface area contributed by atoms with E-state index in [0.29, 0.717) is 18.7 Å². The predicted molar refractivity (Wildman–Crippen MR) is 116 cm³/mol. The van der Waals surface area contributed by atoms with Crippen LogP contribution in [0.2, 0.25) is 0 Å². The summed E-state index contributed by atoms with van der Waals surface area (Å²) in [6, 6.07) is 15.2. The molecule has 0 aliphatic carbocycles. The number of nitrogens with zero attached hydrogens (tertiary/aromatic N) is 1. The van der Waals surface area contributed by atoms with Crippen LogP contribution in [0.5, 0.6) is 0 Å².